The number of thiophene rings is 1. The molecule has 4 nitrogen and oxygen atoms in total. The third-order valence-corrected chi connectivity index (χ3v) is 5.38. The van der Waals surface area contributed by atoms with Crippen LogP contribution in [-0.4, -0.2) is 24.1 Å². The number of aromatic nitrogens is 2. The first-order valence-corrected chi connectivity index (χ1v) is 9.57. The van der Waals surface area contributed by atoms with Crippen LogP contribution in [0.4, 0.5) is 5.69 Å². The fraction of sp³-hybridized carbons (Fsp3) is 0.190. The summed E-state index contributed by atoms with van der Waals surface area (Å²) in [6.07, 6.45) is 1.83. The number of benzene rings is 1. The predicted octanol–water partition coefficient (Wildman–Crippen LogP) is 4.65. The second-order valence-electron chi connectivity index (χ2n) is 6.50. The monoisotopic (exact) mass is 362 g/mol. The van der Waals surface area contributed by atoms with E-state index in [1.807, 2.05) is 12.3 Å². The van der Waals surface area contributed by atoms with Gasteiger partial charge in [-0.15, -0.1) is 11.3 Å². The second kappa shape index (κ2) is 7.32. The molecule has 2 N–H and O–H groups in total. The molecule has 3 heterocycles. The average molecular weight is 363 g/mol. The topological polar surface area (TPSA) is 44.0 Å². The molecule has 26 heavy (non-hydrogen) atoms. The van der Waals surface area contributed by atoms with Crippen molar-refractivity contribution in [3.05, 3.63) is 70.7 Å². The van der Waals surface area contributed by atoms with Crippen molar-refractivity contribution in [2.45, 2.75) is 13.1 Å². The Morgan fingerprint density at radius 2 is 1.88 bits per heavy atom. The zero-order valence-electron chi connectivity index (χ0n) is 15.0. The molecular weight excluding hydrogens is 340 g/mol. The minimum absolute atomic E-state index is 0.777. The molecule has 0 amide bonds. The maximum atomic E-state index is 4.50. The fourth-order valence-corrected chi connectivity index (χ4v) is 3.86. The number of fused-ring (bicyclic) bond motifs is 1. The van der Waals surface area contributed by atoms with Gasteiger partial charge >= 0.3 is 0 Å². The van der Waals surface area contributed by atoms with Gasteiger partial charge in [0.25, 0.3) is 0 Å². The summed E-state index contributed by atoms with van der Waals surface area (Å²) in [5.74, 6) is 0. The van der Waals surface area contributed by atoms with Crippen molar-refractivity contribution in [2.24, 2.45) is 0 Å². The lowest BCUT2D eigenvalue weighted by Gasteiger charge is -2.13. The van der Waals surface area contributed by atoms with E-state index in [4.69, 9.17) is 0 Å². The minimum atomic E-state index is 0.777. The normalized spacial score (nSPS) is 11.2. The zero-order chi connectivity index (χ0) is 17.9. The van der Waals surface area contributed by atoms with Crippen LogP contribution in [-0.2, 0) is 13.1 Å². The molecule has 3 aromatic heterocycles. The molecule has 0 spiro atoms. The van der Waals surface area contributed by atoms with E-state index >= 15 is 0 Å². The molecule has 0 saturated heterocycles. The first-order chi connectivity index (χ1) is 12.7. The molecule has 5 heteroatoms. The Balaban J connectivity index is 1.67. The molecule has 4 rings (SSSR count). The Kier molecular flexibility index (Phi) is 4.73. The number of hydrogen-bond donors (Lipinski definition) is 2. The molecule has 0 fully saturated rings. The molecule has 0 saturated carbocycles. The van der Waals surface area contributed by atoms with Crippen molar-refractivity contribution >= 4 is 28.1 Å². The Bertz CT molecular complexity index is 985. The number of hydrogen-bond acceptors (Lipinski definition) is 4. The predicted molar refractivity (Wildman–Crippen MR) is 111 cm³/mol. The first-order valence-electron chi connectivity index (χ1n) is 8.69. The van der Waals surface area contributed by atoms with Crippen molar-refractivity contribution < 1.29 is 0 Å². The summed E-state index contributed by atoms with van der Waals surface area (Å²) in [5, 5.41) is 6.83. The van der Waals surface area contributed by atoms with E-state index in [1.54, 1.807) is 11.3 Å². The molecule has 0 aliphatic heterocycles. The number of H-pyrrole nitrogens is 1. The van der Waals surface area contributed by atoms with Gasteiger partial charge < -0.3 is 15.2 Å². The first kappa shape index (κ1) is 16.8. The highest BCUT2D eigenvalue weighted by Gasteiger charge is 2.14. The molecule has 0 aliphatic rings. The molecule has 0 atom stereocenters. The van der Waals surface area contributed by atoms with Gasteiger partial charge in [0.15, 0.2) is 0 Å². The molecule has 0 radical (unpaired) electrons. The van der Waals surface area contributed by atoms with Gasteiger partial charge in [-0.25, -0.2) is 4.98 Å². The summed E-state index contributed by atoms with van der Waals surface area (Å²) in [6.45, 7) is 1.65. The molecule has 0 aliphatic carbocycles. The number of pyridine rings is 1. The standard InChI is InChI=1S/C21H22N4S/c1-25(2)16-9-7-15(8-10-16)20-18-6-3-11-23-21(18)24-19(20)14-22-13-17-5-4-12-26-17/h3-12,22H,13-14H2,1-2H3,(H,23,24). The Labute approximate surface area is 157 Å². The van der Waals surface area contributed by atoms with Gasteiger partial charge in [-0.05, 0) is 41.3 Å². The van der Waals surface area contributed by atoms with Gasteiger partial charge in [-0.1, -0.05) is 18.2 Å². The Hall–Kier alpha value is -2.63. The van der Waals surface area contributed by atoms with E-state index in [0.717, 1.165) is 24.1 Å². The van der Waals surface area contributed by atoms with Crippen molar-refractivity contribution in [3.63, 3.8) is 0 Å². The lowest BCUT2D eigenvalue weighted by molar-refractivity contribution is 0.691. The SMILES string of the molecule is CN(C)c1ccc(-c2c(CNCc3cccs3)[nH]c3ncccc23)cc1. The number of rotatable bonds is 6. The van der Waals surface area contributed by atoms with Crippen LogP contribution in [0.3, 0.4) is 0 Å². The summed E-state index contributed by atoms with van der Waals surface area (Å²) in [6, 6.07) is 17.1. The molecule has 1 aromatic carbocycles. The van der Waals surface area contributed by atoms with Crippen LogP contribution in [0.1, 0.15) is 10.6 Å². The van der Waals surface area contributed by atoms with Gasteiger partial charge in [0.1, 0.15) is 5.65 Å². The van der Waals surface area contributed by atoms with Crippen LogP contribution < -0.4 is 10.2 Å². The summed E-state index contributed by atoms with van der Waals surface area (Å²) in [7, 11) is 4.12. The van der Waals surface area contributed by atoms with E-state index < -0.39 is 0 Å². The van der Waals surface area contributed by atoms with E-state index in [2.05, 4.69) is 82.1 Å². The van der Waals surface area contributed by atoms with E-state index in [-0.39, 0.29) is 0 Å². The summed E-state index contributed by atoms with van der Waals surface area (Å²) in [5.41, 5.74) is 5.75. The average Bonchev–Trinajstić information content (AvgIpc) is 3.29. The van der Waals surface area contributed by atoms with Crippen LogP contribution in [0, 0.1) is 0 Å². The number of anilines is 1. The maximum Gasteiger partial charge on any atom is 0.138 e. The van der Waals surface area contributed by atoms with Crippen molar-refractivity contribution in [1.29, 1.82) is 0 Å². The second-order valence-corrected chi connectivity index (χ2v) is 7.53. The van der Waals surface area contributed by atoms with Gasteiger partial charge in [-0.2, -0.15) is 0 Å². The van der Waals surface area contributed by atoms with Crippen molar-refractivity contribution in [3.8, 4) is 11.1 Å². The fourth-order valence-electron chi connectivity index (χ4n) is 3.19. The molecule has 0 unspecified atom stereocenters. The number of nitrogens with zero attached hydrogens (tertiary/aromatic N) is 2. The number of aromatic amines is 1. The van der Waals surface area contributed by atoms with Gasteiger partial charge in [0.05, 0.1) is 0 Å². The molecule has 132 valence electrons. The summed E-state index contributed by atoms with van der Waals surface area (Å²) < 4.78 is 0. The van der Waals surface area contributed by atoms with E-state index in [0.29, 0.717) is 0 Å². The van der Waals surface area contributed by atoms with Crippen molar-refractivity contribution in [2.75, 3.05) is 19.0 Å². The van der Waals surface area contributed by atoms with Crippen LogP contribution >= 0.6 is 11.3 Å². The summed E-state index contributed by atoms with van der Waals surface area (Å²) in [4.78, 5) is 11.5. The maximum absolute atomic E-state index is 4.50. The minimum Gasteiger partial charge on any atom is -0.378 e. The smallest absolute Gasteiger partial charge is 0.138 e. The molecule has 0 bridgehead atoms. The van der Waals surface area contributed by atoms with E-state index in [9.17, 15) is 0 Å². The largest absolute Gasteiger partial charge is 0.378 e. The molecule has 4 aromatic rings. The van der Waals surface area contributed by atoms with Gasteiger partial charge in [-0.3, -0.25) is 0 Å². The lowest BCUT2D eigenvalue weighted by Crippen LogP contribution is -2.12. The van der Waals surface area contributed by atoms with Crippen LogP contribution in [0.5, 0.6) is 0 Å². The van der Waals surface area contributed by atoms with Crippen LogP contribution in [0.15, 0.2) is 60.1 Å². The third kappa shape index (κ3) is 3.36. The zero-order valence-corrected chi connectivity index (χ0v) is 15.8. The Morgan fingerprint density at radius 1 is 1.04 bits per heavy atom. The van der Waals surface area contributed by atoms with E-state index in [1.165, 1.54) is 27.4 Å². The van der Waals surface area contributed by atoms with Crippen molar-refractivity contribution in [1.82, 2.24) is 15.3 Å². The highest BCUT2D eigenvalue weighted by atomic mass is 32.1. The third-order valence-electron chi connectivity index (χ3n) is 4.50. The van der Waals surface area contributed by atoms with Gasteiger partial charge in [0, 0.05) is 60.6 Å². The lowest BCUT2D eigenvalue weighted by atomic mass is 10.0. The van der Waals surface area contributed by atoms with Crippen LogP contribution in [0.2, 0.25) is 0 Å². The highest BCUT2D eigenvalue weighted by Crippen LogP contribution is 2.32. The highest BCUT2D eigenvalue weighted by molar-refractivity contribution is 7.09. The van der Waals surface area contributed by atoms with Crippen LogP contribution in [0.25, 0.3) is 22.2 Å². The Morgan fingerprint density at radius 3 is 2.62 bits per heavy atom. The summed E-state index contributed by atoms with van der Waals surface area (Å²) >= 11 is 1.78. The quantitative estimate of drug-likeness (QED) is 0.525. The number of nitrogens with one attached hydrogen (secondary N) is 2. The molecular formula is C21H22N4S. The van der Waals surface area contributed by atoms with Gasteiger partial charge in [0.2, 0.25) is 0 Å².